The van der Waals surface area contributed by atoms with Crippen LogP contribution in [0, 0.1) is 5.82 Å². The number of furan rings is 1. The number of hydrogen-bond donors (Lipinski definition) is 2. The van der Waals surface area contributed by atoms with Crippen LogP contribution >= 0.6 is 0 Å². The van der Waals surface area contributed by atoms with Crippen molar-refractivity contribution in [3.8, 4) is 11.5 Å². The van der Waals surface area contributed by atoms with Crippen molar-refractivity contribution in [3.63, 3.8) is 0 Å². The van der Waals surface area contributed by atoms with Crippen LogP contribution in [-0.2, 0) is 7.05 Å². The summed E-state index contributed by atoms with van der Waals surface area (Å²) in [6, 6.07) is 11.7. The minimum absolute atomic E-state index is 0.0638. The van der Waals surface area contributed by atoms with Crippen molar-refractivity contribution in [1.82, 2.24) is 15.1 Å². The van der Waals surface area contributed by atoms with Gasteiger partial charge in [0, 0.05) is 32.2 Å². The van der Waals surface area contributed by atoms with Crippen molar-refractivity contribution in [1.29, 1.82) is 0 Å². The summed E-state index contributed by atoms with van der Waals surface area (Å²) in [6.07, 6.45) is 3.31. The number of carbonyl (C=O) groups is 1. The number of nitrogens with one attached hydrogen (secondary N) is 2. The molecular weight excluding hydrogens is 361 g/mol. The number of hydrogen-bond acceptors (Lipinski definition) is 4. The number of carbonyl (C=O) groups excluding carboxylic acids is 1. The van der Waals surface area contributed by atoms with E-state index in [2.05, 4.69) is 15.7 Å². The van der Waals surface area contributed by atoms with Crippen molar-refractivity contribution in [2.75, 3.05) is 23.3 Å². The first-order valence-corrected chi connectivity index (χ1v) is 9.25. The third kappa shape index (κ3) is 3.85. The number of urea groups is 1. The maximum absolute atomic E-state index is 14.1. The molecule has 2 N–H and O–H groups in total. The zero-order valence-electron chi connectivity index (χ0n) is 15.6. The number of piperidine rings is 1. The second kappa shape index (κ2) is 7.75. The maximum Gasteiger partial charge on any atom is 0.320 e. The molecule has 2 amide bonds. The summed E-state index contributed by atoms with van der Waals surface area (Å²) >= 11 is 0. The lowest BCUT2D eigenvalue weighted by atomic mass is 10.0. The molecule has 28 heavy (non-hydrogen) atoms. The molecule has 1 fully saturated rings. The van der Waals surface area contributed by atoms with Crippen LogP contribution in [-0.4, -0.2) is 34.9 Å². The van der Waals surface area contributed by atoms with Crippen LogP contribution in [0.5, 0.6) is 0 Å². The van der Waals surface area contributed by atoms with Crippen LogP contribution in [0.4, 0.5) is 20.7 Å². The molecule has 0 spiro atoms. The minimum Gasteiger partial charge on any atom is -0.463 e. The first-order valence-electron chi connectivity index (χ1n) is 9.25. The fourth-order valence-electron chi connectivity index (χ4n) is 3.49. The van der Waals surface area contributed by atoms with Crippen LogP contribution in [0.15, 0.2) is 53.1 Å². The lowest BCUT2D eigenvalue weighted by Crippen LogP contribution is -2.49. The predicted molar refractivity (Wildman–Crippen MR) is 105 cm³/mol. The number of rotatable bonds is 4. The summed E-state index contributed by atoms with van der Waals surface area (Å²) in [4.78, 5) is 14.4. The molecule has 3 heterocycles. The molecule has 1 aliphatic rings. The first-order chi connectivity index (χ1) is 13.6. The third-order valence-corrected chi connectivity index (χ3v) is 4.84. The van der Waals surface area contributed by atoms with Gasteiger partial charge in [0.25, 0.3) is 0 Å². The van der Waals surface area contributed by atoms with Gasteiger partial charge in [-0.05, 0) is 37.1 Å². The topological polar surface area (TPSA) is 75.3 Å². The van der Waals surface area contributed by atoms with Gasteiger partial charge in [-0.1, -0.05) is 12.1 Å². The number of aryl methyl sites for hydroxylation is 1. The largest absolute Gasteiger partial charge is 0.463 e. The molecule has 8 heteroatoms. The van der Waals surface area contributed by atoms with Crippen LogP contribution in [0.3, 0.4) is 0 Å². The Hall–Kier alpha value is -3.29. The molecule has 0 bridgehead atoms. The summed E-state index contributed by atoms with van der Waals surface area (Å²) in [7, 11) is 1.75. The Morgan fingerprint density at radius 1 is 1.29 bits per heavy atom. The van der Waals surface area contributed by atoms with Gasteiger partial charge in [-0.15, -0.1) is 0 Å². The van der Waals surface area contributed by atoms with Crippen LogP contribution in [0.1, 0.15) is 12.8 Å². The number of aromatic nitrogens is 2. The molecule has 0 aliphatic carbocycles. The van der Waals surface area contributed by atoms with Crippen molar-refractivity contribution in [3.05, 3.63) is 54.5 Å². The Morgan fingerprint density at radius 2 is 2.14 bits per heavy atom. The molecule has 1 saturated heterocycles. The molecule has 4 rings (SSSR count). The number of nitrogens with zero attached hydrogens (tertiary/aromatic N) is 3. The zero-order valence-corrected chi connectivity index (χ0v) is 15.6. The van der Waals surface area contributed by atoms with E-state index >= 15 is 0 Å². The highest BCUT2D eigenvalue weighted by Gasteiger charge is 2.23. The van der Waals surface area contributed by atoms with Gasteiger partial charge in [0.05, 0.1) is 12.0 Å². The van der Waals surface area contributed by atoms with E-state index in [1.165, 1.54) is 6.07 Å². The van der Waals surface area contributed by atoms with E-state index in [4.69, 9.17) is 4.42 Å². The van der Waals surface area contributed by atoms with Gasteiger partial charge in [-0.3, -0.25) is 10.00 Å². The second-order valence-electron chi connectivity index (χ2n) is 6.85. The Bertz CT molecular complexity index is 953. The average Bonchev–Trinajstić information content (AvgIpc) is 3.33. The second-order valence-corrected chi connectivity index (χ2v) is 6.85. The Kier molecular flexibility index (Phi) is 5.01. The number of anilines is 2. The molecule has 1 aromatic carbocycles. The fourth-order valence-corrected chi connectivity index (χ4v) is 3.49. The fraction of sp³-hybridized carbons (Fsp3) is 0.300. The number of amides is 2. The minimum atomic E-state index is -0.311. The van der Waals surface area contributed by atoms with E-state index in [0.717, 1.165) is 19.4 Å². The molecule has 146 valence electrons. The van der Waals surface area contributed by atoms with Gasteiger partial charge in [0.2, 0.25) is 0 Å². The summed E-state index contributed by atoms with van der Waals surface area (Å²) in [5.41, 5.74) is 1.22. The number of halogens is 1. The van der Waals surface area contributed by atoms with Gasteiger partial charge in [-0.25, -0.2) is 9.18 Å². The molecule has 0 radical (unpaired) electrons. The zero-order chi connectivity index (χ0) is 19.5. The van der Waals surface area contributed by atoms with E-state index < -0.39 is 0 Å². The SMILES string of the molecule is Cn1nc(-c2ccco2)cc1NC(=O)NC1CCCN(c2ccccc2F)C1. The van der Waals surface area contributed by atoms with E-state index in [0.29, 0.717) is 29.5 Å². The lowest BCUT2D eigenvalue weighted by Gasteiger charge is -2.34. The summed E-state index contributed by atoms with van der Waals surface area (Å²) < 4.78 is 21.0. The van der Waals surface area contributed by atoms with Gasteiger partial charge < -0.3 is 14.6 Å². The maximum atomic E-state index is 14.1. The van der Waals surface area contributed by atoms with E-state index in [-0.39, 0.29) is 17.9 Å². The van der Waals surface area contributed by atoms with Crippen LogP contribution in [0.2, 0.25) is 0 Å². The Morgan fingerprint density at radius 3 is 2.93 bits per heavy atom. The third-order valence-electron chi connectivity index (χ3n) is 4.84. The van der Waals surface area contributed by atoms with E-state index in [9.17, 15) is 9.18 Å². The predicted octanol–water partition coefficient (Wildman–Crippen LogP) is 3.61. The first kappa shape index (κ1) is 18.1. The van der Waals surface area contributed by atoms with Crippen molar-refractivity contribution in [2.24, 2.45) is 7.05 Å². The summed E-state index contributed by atoms with van der Waals surface area (Å²) in [6.45, 7) is 1.34. The highest BCUT2D eigenvalue weighted by molar-refractivity contribution is 5.89. The number of benzene rings is 1. The van der Waals surface area contributed by atoms with E-state index in [1.54, 1.807) is 42.3 Å². The molecule has 1 unspecified atom stereocenters. The van der Waals surface area contributed by atoms with Crippen molar-refractivity contribution >= 4 is 17.5 Å². The normalized spacial score (nSPS) is 16.8. The van der Waals surface area contributed by atoms with E-state index in [1.807, 2.05) is 17.0 Å². The molecule has 3 aromatic rings. The molecule has 1 aliphatic heterocycles. The van der Waals surface area contributed by atoms with Gasteiger partial charge >= 0.3 is 6.03 Å². The molecule has 2 aromatic heterocycles. The van der Waals surface area contributed by atoms with Crippen LogP contribution < -0.4 is 15.5 Å². The summed E-state index contributed by atoms with van der Waals surface area (Å²) in [5, 5.41) is 10.1. The molecule has 1 atom stereocenters. The highest BCUT2D eigenvalue weighted by atomic mass is 19.1. The van der Waals surface area contributed by atoms with Gasteiger partial charge in [0.15, 0.2) is 5.76 Å². The lowest BCUT2D eigenvalue weighted by molar-refractivity contribution is 0.246. The van der Waals surface area contributed by atoms with Crippen molar-refractivity contribution in [2.45, 2.75) is 18.9 Å². The smallest absolute Gasteiger partial charge is 0.320 e. The van der Waals surface area contributed by atoms with Crippen molar-refractivity contribution < 1.29 is 13.6 Å². The highest BCUT2D eigenvalue weighted by Crippen LogP contribution is 2.24. The Labute approximate surface area is 162 Å². The molecule has 0 saturated carbocycles. The summed E-state index contributed by atoms with van der Waals surface area (Å²) in [5.74, 6) is 0.954. The monoisotopic (exact) mass is 383 g/mol. The van der Waals surface area contributed by atoms with Crippen LogP contribution in [0.25, 0.3) is 11.5 Å². The molecule has 7 nitrogen and oxygen atoms in total. The van der Waals surface area contributed by atoms with Gasteiger partial charge in [0.1, 0.15) is 17.3 Å². The molecular formula is C20H22FN5O2. The van der Waals surface area contributed by atoms with Gasteiger partial charge in [-0.2, -0.15) is 5.10 Å². The quantitative estimate of drug-likeness (QED) is 0.722. The standard InChI is InChI=1S/C20H22FN5O2/c1-25-19(12-16(24-25)18-9-5-11-28-18)23-20(27)22-14-6-4-10-26(13-14)17-8-3-2-7-15(17)21/h2-3,5,7-9,11-12,14H,4,6,10,13H2,1H3,(H2,22,23,27). The number of para-hydroxylation sites is 1. The average molecular weight is 383 g/mol. The Balaban J connectivity index is 1.38.